The fourth-order valence-corrected chi connectivity index (χ4v) is 8.91. The van der Waals surface area contributed by atoms with E-state index in [1.807, 2.05) is 38.1 Å². The number of fused-ring (bicyclic) bond motifs is 6. The van der Waals surface area contributed by atoms with Gasteiger partial charge in [-0.2, -0.15) is 0 Å². The monoisotopic (exact) mass is 900 g/mol. The Kier molecular flexibility index (Phi) is 14.3. The van der Waals surface area contributed by atoms with Crippen molar-refractivity contribution in [2.45, 2.75) is 13.8 Å². The van der Waals surface area contributed by atoms with Crippen molar-refractivity contribution < 1.29 is 0 Å². The van der Waals surface area contributed by atoms with Crippen LogP contribution in [0.15, 0.2) is 292 Å². The lowest BCUT2D eigenvalue weighted by molar-refractivity contribution is 1.28. The van der Waals surface area contributed by atoms with Crippen molar-refractivity contribution in [3.05, 3.63) is 298 Å². The Labute approximate surface area is 413 Å². The second-order valence-electron chi connectivity index (χ2n) is 17.3. The molecule has 2 nitrogen and oxygen atoms in total. The summed E-state index contributed by atoms with van der Waals surface area (Å²) in [6, 6.07) is 89.0. The largest absolute Gasteiger partial charge is 0.310 e. The average molecular weight is 901 g/mol. The molecule has 0 saturated heterocycles. The Hall–Kier alpha value is -8.98. The van der Waals surface area contributed by atoms with Gasteiger partial charge >= 0.3 is 0 Å². The lowest BCUT2D eigenvalue weighted by Crippen LogP contribution is -2.10. The zero-order chi connectivity index (χ0) is 48.2. The van der Waals surface area contributed by atoms with Crippen molar-refractivity contribution in [3.63, 3.8) is 0 Å². The van der Waals surface area contributed by atoms with Gasteiger partial charge in [-0.3, -0.25) is 0 Å². The van der Waals surface area contributed by atoms with E-state index in [1.54, 1.807) is 12.2 Å². The van der Waals surface area contributed by atoms with Crippen LogP contribution in [0, 0.1) is 0 Å². The van der Waals surface area contributed by atoms with Crippen LogP contribution in [0.5, 0.6) is 0 Å². The van der Waals surface area contributed by atoms with Crippen LogP contribution in [0.1, 0.15) is 19.4 Å². The van der Waals surface area contributed by atoms with Crippen LogP contribution in [0.4, 0.5) is 34.1 Å². The Bertz CT molecular complexity index is 3390. The normalized spacial score (nSPS) is 11.0. The topological polar surface area (TPSA) is 6.48 Å². The molecule has 0 amide bonds. The Morgan fingerprint density at radius 3 is 1.06 bits per heavy atom. The molecule has 11 aromatic carbocycles. The first kappa shape index (κ1) is 46.1. The van der Waals surface area contributed by atoms with Gasteiger partial charge in [-0.05, 0) is 146 Å². The molecule has 0 aliphatic rings. The maximum absolute atomic E-state index is 3.83. The number of hydrogen-bond acceptors (Lipinski definition) is 2. The Morgan fingerprint density at radius 1 is 0.343 bits per heavy atom. The van der Waals surface area contributed by atoms with E-state index in [4.69, 9.17) is 0 Å². The van der Waals surface area contributed by atoms with E-state index >= 15 is 0 Å². The van der Waals surface area contributed by atoms with Gasteiger partial charge in [0.1, 0.15) is 0 Å². The van der Waals surface area contributed by atoms with Crippen LogP contribution >= 0.6 is 0 Å². The molecule has 0 atom stereocenters. The minimum Gasteiger partial charge on any atom is -0.310 e. The number of nitrogens with zero attached hydrogens (tertiary/aromatic N) is 2. The molecular formula is C68H56N2. The van der Waals surface area contributed by atoms with E-state index in [1.165, 1.54) is 59.8 Å². The molecule has 338 valence electrons. The molecule has 70 heavy (non-hydrogen) atoms. The summed E-state index contributed by atoms with van der Waals surface area (Å²) in [6.45, 7) is 14.9. The van der Waals surface area contributed by atoms with E-state index in [9.17, 15) is 0 Å². The number of para-hydroxylation sites is 2. The van der Waals surface area contributed by atoms with Crippen molar-refractivity contribution in [2.75, 3.05) is 9.80 Å². The summed E-state index contributed by atoms with van der Waals surface area (Å²) in [5.41, 5.74) is 12.6. The van der Waals surface area contributed by atoms with E-state index in [0.29, 0.717) is 0 Å². The third-order valence-corrected chi connectivity index (χ3v) is 12.6. The van der Waals surface area contributed by atoms with Gasteiger partial charge < -0.3 is 9.80 Å². The number of hydrogen-bond donors (Lipinski definition) is 0. The first-order valence-corrected chi connectivity index (χ1v) is 23.7. The minimum atomic E-state index is 1.11. The average Bonchev–Trinajstić information content (AvgIpc) is 3.42. The zero-order valence-corrected chi connectivity index (χ0v) is 39.9. The van der Waals surface area contributed by atoms with Gasteiger partial charge in [-0.15, -0.1) is 0 Å². The van der Waals surface area contributed by atoms with E-state index in [2.05, 4.69) is 260 Å². The molecule has 11 rings (SSSR count). The van der Waals surface area contributed by atoms with Crippen LogP contribution in [-0.2, 0) is 0 Å². The van der Waals surface area contributed by atoms with Gasteiger partial charge in [0.2, 0.25) is 0 Å². The predicted molar refractivity (Wildman–Crippen MR) is 307 cm³/mol. The lowest BCUT2D eigenvalue weighted by Gasteiger charge is -2.26. The second kappa shape index (κ2) is 21.8. The highest BCUT2D eigenvalue weighted by Gasteiger charge is 2.16. The van der Waals surface area contributed by atoms with Crippen LogP contribution in [-0.4, -0.2) is 0 Å². The number of benzene rings is 11. The van der Waals surface area contributed by atoms with Crippen molar-refractivity contribution >= 4 is 82.8 Å². The fourth-order valence-electron chi connectivity index (χ4n) is 8.91. The molecule has 0 unspecified atom stereocenters. The van der Waals surface area contributed by atoms with Gasteiger partial charge in [-0.1, -0.05) is 225 Å². The molecule has 0 spiro atoms. The third kappa shape index (κ3) is 10.4. The van der Waals surface area contributed by atoms with E-state index in [0.717, 1.165) is 45.3 Å². The standard InChI is InChI=1S/C52H36N2.C9H10.C7H10/c1-3-13-43(14-4-1)53(47-31-33-51-41(35-47)21-19-39-11-7-9-17-49(39)51)45-27-23-37(24-28-45)38-25-29-46(30-26-38)54(44-15-5-2-6-16-44)48-32-34-52-42(36-48)22-20-40-12-8-10-18-50(40)52;1-8(2)9-6-4-3-5-7-9;1-4-6-7(3)5-2/h1-36H;3-7H,1H2,2H3;4-6H,1-2H2,3H3/b;;7-6+. The molecule has 0 radical (unpaired) electrons. The molecule has 0 saturated carbocycles. The fraction of sp³-hybridized carbons (Fsp3) is 0.0294. The van der Waals surface area contributed by atoms with Crippen molar-refractivity contribution in [1.82, 2.24) is 0 Å². The second-order valence-corrected chi connectivity index (χ2v) is 17.3. The molecule has 11 aromatic rings. The first-order valence-electron chi connectivity index (χ1n) is 23.7. The Morgan fingerprint density at radius 2 is 0.686 bits per heavy atom. The van der Waals surface area contributed by atoms with Gasteiger partial charge in [0.05, 0.1) is 0 Å². The Balaban J connectivity index is 0.000000326. The lowest BCUT2D eigenvalue weighted by atomic mass is 10.0. The summed E-state index contributed by atoms with van der Waals surface area (Å²) in [7, 11) is 0. The molecule has 0 aliphatic carbocycles. The number of allylic oxidation sites excluding steroid dienone is 5. The van der Waals surface area contributed by atoms with Gasteiger partial charge in [0, 0.05) is 34.1 Å². The number of rotatable bonds is 10. The zero-order valence-electron chi connectivity index (χ0n) is 39.9. The molecule has 0 aliphatic heterocycles. The summed E-state index contributed by atoms with van der Waals surface area (Å²) < 4.78 is 0. The molecule has 0 fully saturated rings. The summed E-state index contributed by atoms with van der Waals surface area (Å²) >= 11 is 0. The SMILES string of the molecule is C=C(C)c1ccccc1.C=C/C=C(\C)C=C.c1ccc(N(c2ccc(-c3ccc(N(c4ccccc4)c4ccc5c(ccc6ccccc65)c4)cc3)cc2)c2ccc3c(ccc4ccccc43)c2)cc1. The van der Waals surface area contributed by atoms with Crippen molar-refractivity contribution in [3.8, 4) is 11.1 Å². The highest BCUT2D eigenvalue weighted by molar-refractivity contribution is 6.09. The van der Waals surface area contributed by atoms with Gasteiger partial charge in [0.25, 0.3) is 0 Å². The minimum absolute atomic E-state index is 1.11. The van der Waals surface area contributed by atoms with Crippen LogP contribution < -0.4 is 9.80 Å². The maximum atomic E-state index is 3.83. The summed E-state index contributed by atoms with van der Waals surface area (Å²) in [5, 5.41) is 10.1. The molecule has 0 N–H and O–H groups in total. The van der Waals surface area contributed by atoms with Crippen molar-refractivity contribution in [1.29, 1.82) is 0 Å². The summed E-state index contributed by atoms with van der Waals surface area (Å²) in [4.78, 5) is 4.68. The highest BCUT2D eigenvalue weighted by atomic mass is 15.1. The van der Waals surface area contributed by atoms with Crippen LogP contribution in [0.25, 0.3) is 59.8 Å². The summed E-state index contributed by atoms with van der Waals surface area (Å²) in [5.74, 6) is 0. The van der Waals surface area contributed by atoms with Crippen molar-refractivity contribution in [2.24, 2.45) is 0 Å². The number of anilines is 6. The molecule has 0 aromatic heterocycles. The highest BCUT2D eigenvalue weighted by Crippen LogP contribution is 2.40. The quantitative estimate of drug-likeness (QED) is 0.0997. The molecule has 0 bridgehead atoms. The van der Waals surface area contributed by atoms with Gasteiger partial charge in [0.15, 0.2) is 0 Å². The molecular weight excluding hydrogens is 845 g/mol. The van der Waals surface area contributed by atoms with E-state index in [-0.39, 0.29) is 0 Å². The smallest absolute Gasteiger partial charge is 0.0468 e. The molecule has 0 heterocycles. The summed E-state index contributed by atoms with van der Waals surface area (Å²) in [6.07, 6.45) is 5.45. The van der Waals surface area contributed by atoms with Crippen LogP contribution in [0.3, 0.4) is 0 Å². The van der Waals surface area contributed by atoms with Gasteiger partial charge in [-0.25, -0.2) is 0 Å². The van der Waals surface area contributed by atoms with Crippen LogP contribution in [0.2, 0.25) is 0 Å². The third-order valence-electron chi connectivity index (χ3n) is 12.6. The first-order chi connectivity index (χ1) is 34.4. The maximum Gasteiger partial charge on any atom is 0.0468 e. The predicted octanol–water partition coefficient (Wildman–Crippen LogP) is 19.9. The molecule has 2 heteroatoms. The van der Waals surface area contributed by atoms with E-state index < -0.39 is 0 Å².